The molecule has 2 aromatic rings. The van der Waals surface area contributed by atoms with Crippen molar-refractivity contribution in [3.63, 3.8) is 0 Å². The predicted octanol–water partition coefficient (Wildman–Crippen LogP) is 1.30. The molecular weight excluding hydrogens is 284 g/mol. The molecule has 0 bridgehead atoms. The first kappa shape index (κ1) is 15.4. The van der Waals surface area contributed by atoms with Crippen LogP contribution < -0.4 is 10.8 Å². The van der Waals surface area contributed by atoms with E-state index in [1.165, 1.54) is 17.6 Å². The first-order chi connectivity index (χ1) is 10.6. The van der Waals surface area contributed by atoms with Crippen LogP contribution in [0.1, 0.15) is 26.3 Å². The number of hydrogen-bond acceptors (Lipinski definition) is 4. The van der Waals surface area contributed by atoms with E-state index in [4.69, 9.17) is 5.21 Å². The van der Waals surface area contributed by atoms with Crippen LogP contribution in [0.15, 0.2) is 54.6 Å². The zero-order valence-corrected chi connectivity index (χ0v) is 11.6. The van der Waals surface area contributed by atoms with Gasteiger partial charge in [0.25, 0.3) is 11.8 Å². The summed E-state index contributed by atoms with van der Waals surface area (Å²) in [4.78, 5) is 34.8. The first-order valence-corrected chi connectivity index (χ1v) is 6.53. The van der Waals surface area contributed by atoms with E-state index in [0.29, 0.717) is 5.56 Å². The van der Waals surface area contributed by atoms with Crippen LogP contribution in [-0.2, 0) is 11.3 Å². The lowest BCUT2D eigenvalue weighted by molar-refractivity contribution is -0.117. The summed E-state index contributed by atoms with van der Waals surface area (Å²) in [6.07, 6.45) is 0. The standard InChI is InChI=1S/C16H14N2O4/c19-14(12-4-2-1-3-5-12)16(21)17-10-11-6-8-13(9-7-11)15(20)18-22/h1-9,22H,10H2,(H,17,21)(H,18,20). The Labute approximate surface area is 126 Å². The first-order valence-electron chi connectivity index (χ1n) is 6.53. The monoisotopic (exact) mass is 298 g/mol. The molecule has 112 valence electrons. The Bertz CT molecular complexity index is 681. The number of carbonyl (C=O) groups is 3. The zero-order chi connectivity index (χ0) is 15.9. The summed E-state index contributed by atoms with van der Waals surface area (Å²) in [6, 6.07) is 14.5. The van der Waals surface area contributed by atoms with Gasteiger partial charge in [-0.2, -0.15) is 0 Å². The molecule has 2 rings (SSSR count). The average Bonchev–Trinajstić information content (AvgIpc) is 2.59. The number of carbonyl (C=O) groups excluding carboxylic acids is 3. The summed E-state index contributed by atoms with van der Waals surface area (Å²) in [5, 5.41) is 11.0. The second kappa shape index (κ2) is 7.14. The van der Waals surface area contributed by atoms with Crippen molar-refractivity contribution in [3.05, 3.63) is 71.3 Å². The van der Waals surface area contributed by atoms with E-state index in [1.807, 2.05) is 0 Å². The van der Waals surface area contributed by atoms with Gasteiger partial charge in [0.05, 0.1) is 0 Å². The van der Waals surface area contributed by atoms with Crippen molar-refractivity contribution in [3.8, 4) is 0 Å². The van der Waals surface area contributed by atoms with Gasteiger partial charge < -0.3 is 5.32 Å². The molecule has 0 aliphatic heterocycles. The fourth-order valence-electron chi connectivity index (χ4n) is 1.82. The molecule has 0 fully saturated rings. The van der Waals surface area contributed by atoms with Crippen LogP contribution in [0, 0.1) is 0 Å². The number of ketones is 1. The highest BCUT2D eigenvalue weighted by molar-refractivity contribution is 6.42. The van der Waals surface area contributed by atoms with Crippen molar-refractivity contribution in [1.82, 2.24) is 10.8 Å². The Morgan fingerprint density at radius 3 is 2.09 bits per heavy atom. The van der Waals surface area contributed by atoms with Crippen LogP contribution in [0.25, 0.3) is 0 Å². The molecule has 0 aromatic heterocycles. The third kappa shape index (κ3) is 3.77. The van der Waals surface area contributed by atoms with Gasteiger partial charge in [0.15, 0.2) is 0 Å². The van der Waals surface area contributed by atoms with E-state index in [2.05, 4.69) is 5.32 Å². The van der Waals surface area contributed by atoms with Crippen LogP contribution in [-0.4, -0.2) is 22.8 Å². The smallest absolute Gasteiger partial charge is 0.292 e. The molecule has 0 unspecified atom stereocenters. The molecule has 22 heavy (non-hydrogen) atoms. The van der Waals surface area contributed by atoms with E-state index in [0.717, 1.165) is 5.56 Å². The molecule has 0 aliphatic carbocycles. The molecular formula is C16H14N2O4. The van der Waals surface area contributed by atoms with Gasteiger partial charge in [0.1, 0.15) is 0 Å². The minimum atomic E-state index is -0.691. The van der Waals surface area contributed by atoms with Gasteiger partial charge in [0, 0.05) is 17.7 Å². The Hall–Kier alpha value is -2.99. The van der Waals surface area contributed by atoms with Crippen LogP contribution in [0.5, 0.6) is 0 Å². The number of hydrogen-bond donors (Lipinski definition) is 3. The summed E-state index contributed by atoms with van der Waals surface area (Å²) < 4.78 is 0. The molecule has 0 spiro atoms. The zero-order valence-electron chi connectivity index (χ0n) is 11.6. The van der Waals surface area contributed by atoms with Gasteiger partial charge in [-0.05, 0) is 17.7 Å². The van der Waals surface area contributed by atoms with Crippen molar-refractivity contribution in [2.24, 2.45) is 0 Å². The molecule has 0 saturated carbocycles. The Kier molecular flexibility index (Phi) is 5.00. The van der Waals surface area contributed by atoms with Crippen molar-refractivity contribution < 1.29 is 19.6 Å². The lowest BCUT2D eigenvalue weighted by atomic mass is 10.1. The highest BCUT2D eigenvalue weighted by Gasteiger charge is 2.15. The van der Waals surface area contributed by atoms with Crippen molar-refractivity contribution >= 4 is 17.6 Å². The second-order valence-electron chi connectivity index (χ2n) is 4.52. The number of amides is 2. The highest BCUT2D eigenvalue weighted by Crippen LogP contribution is 2.05. The molecule has 0 aliphatic rings. The molecule has 2 amide bonds. The van der Waals surface area contributed by atoms with Crippen molar-refractivity contribution in [1.29, 1.82) is 0 Å². The SMILES string of the molecule is O=C(NCc1ccc(C(=O)NO)cc1)C(=O)c1ccccc1. The summed E-state index contributed by atoms with van der Waals surface area (Å²) in [5.41, 5.74) is 2.87. The minimum Gasteiger partial charge on any atom is -0.345 e. The van der Waals surface area contributed by atoms with Crippen molar-refractivity contribution in [2.45, 2.75) is 6.54 Å². The molecule has 0 atom stereocenters. The van der Waals surface area contributed by atoms with E-state index in [-0.39, 0.29) is 12.1 Å². The van der Waals surface area contributed by atoms with E-state index >= 15 is 0 Å². The Morgan fingerprint density at radius 1 is 0.864 bits per heavy atom. The number of hydroxylamine groups is 1. The van der Waals surface area contributed by atoms with Crippen LogP contribution in [0.3, 0.4) is 0 Å². The molecule has 0 saturated heterocycles. The summed E-state index contributed by atoms with van der Waals surface area (Å²) in [5.74, 6) is -1.91. The lowest BCUT2D eigenvalue weighted by Gasteiger charge is -2.05. The minimum absolute atomic E-state index is 0.165. The maximum atomic E-state index is 11.9. The topological polar surface area (TPSA) is 95.5 Å². The fraction of sp³-hybridized carbons (Fsp3) is 0.0625. The van der Waals surface area contributed by atoms with E-state index < -0.39 is 17.6 Å². The third-order valence-corrected chi connectivity index (χ3v) is 3.01. The average molecular weight is 298 g/mol. The van der Waals surface area contributed by atoms with Crippen LogP contribution >= 0.6 is 0 Å². The molecule has 0 heterocycles. The maximum absolute atomic E-state index is 11.9. The van der Waals surface area contributed by atoms with E-state index in [1.54, 1.807) is 42.5 Å². The molecule has 6 nitrogen and oxygen atoms in total. The van der Waals surface area contributed by atoms with Gasteiger partial charge in [-0.3, -0.25) is 19.6 Å². The fourth-order valence-corrected chi connectivity index (χ4v) is 1.82. The highest BCUT2D eigenvalue weighted by atomic mass is 16.5. The van der Waals surface area contributed by atoms with Gasteiger partial charge in [0.2, 0.25) is 5.78 Å². The van der Waals surface area contributed by atoms with Gasteiger partial charge in [-0.25, -0.2) is 5.48 Å². The Balaban J connectivity index is 1.94. The molecule has 6 heteroatoms. The maximum Gasteiger partial charge on any atom is 0.292 e. The Morgan fingerprint density at radius 2 is 1.50 bits per heavy atom. The van der Waals surface area contributed by atoms with E-state index in [9.17, 15) is 14.4 Å². The number of rotatable bonds is 5. The normalized spacial score (nSPS) is 9.86. The van der Waals surface area contributed by atoms with Crippen molar-refractivity contribution in [2.75, 3.05) is 0 Å². The van der Waals surface area contributed by atoms with Crippen LogP contribution in [0.4, 0.5) is 0 Å². The third-order valence-electron chi connectivity index (χ3n) is 3.01. The quantitative estimate of drug-likeness (QED) is 0.335. The van der Waals surface area contributed by atoms with Gasteiger partial charge in [-0.15, -0.1) is 0 Å². The number of benzene rings is 2. The van der Waals surface area contributed by atoms with Gasteiger partial charge in [-0.1, -0.05) is 42.5 Å². The number of Topliss-reactive ketones (excluding diaryl/α,β-unsaturated/α-hetero) is 1. The molecule has 0 radical (unpaired) electrons. The van der Waals surface area contributed by atoms with Gasteiger partial charge >= 0.3 is 0 Å². The molecule has 2 aromatic carbocycles. The van der Waals surface area contributed by atoms with Crippen LogP contribution in [0.2, 0.25) is 0 Å². The lowest BCUT2D eigenvalue weighted by Crippen LogP contribution is -2.30. The summed E-state index contributed by atoms with van der Waals surface area (Å²) >= 11 is 0. The second-order valence-corrected chi connectivity index (χ2v) is 4.52. The largest absolute Gasteiger partial charge is 0.345 e. The summed E-state index contributed by atoms with van der Waals surface area (Å²) in [7, 11) is 0. The predicted molar refractivity (Wildman–Crippen MR) is 78.3 cm³/mol. The summed E-state index contributed by atoms with van der Waals surface area (Å²) in [6.45, 7) is 0.165. The number of nitrogens with one attached hydrogen (secondary N) is 2. The molecule has 3 N–H and O–H groups in total.